The van der Waals surface area contributed by atoms with Gasteiger partial charge in [0.05, 0.1) is 50.3 Å². The van der Waals surface area contributed by atoms with Crippen molar-refractivity contribution in [3.05, 3.63) is 35.9 Å². The third-order valence-electron chi connectivity index (χ3n) is 7.76. The molecule has 1 aromatic rings. The van der Waals surface area contributed by atoms with Gasteiger partial charge in [-0.15, -0.1) is 0 Å². The fraction of sp³-hybridized carbons (Fsp3) is 0.750. The topological polar surface area (TPSA) is 122 Å². The van der Waals surface area contributed by atoms with Crippen LogP contribution in [0.5, 0.6) is 0 Å². The molecule has 12 heteroatoms. The van der Waals surface area contributed by atoms with E-state index in [-0.39, 0.29) is 43.3 Å². The number of hydrogen-bond donors (Lipinski definition) is 2. The van der Waals surface area contributed by atoms with E-state index in [2.05, 4.69) is 39.2 Å². The second-order valence-corrected chi connectivity index (χ2v) is 18.8. The Morgan fingerprint density at radius 2 is 1.77 bits per heavy atom. The average molecular weight is 602 g/mol. The van der Waals surface area contributed by atoms with Gasteiger partial charge in [-0.05, 0) is 32.0 Å². The zero-order chi connectivity index (χ0) is 29.7. The van der Waals surface area contributed by atoms with E-state index >= 15 is 0 Å². The number of carbonyl (C=O) groups excluding carboxylic acids is 1. The second-order valence-electron chi connectivity index (χ2n) is 12.0. The molecule has 2 saturated heterocycles. The summed E-state index contributed by atoms with van der Waals surface area (Å²) in [4.78, 5) is 12.5. The van der Waals surface area contributed by atoms with Crippen LogP contribution in [-0.2, 0) is 37.0 Å². The Labute approximate surface area is 240 Å². The number of rotatable bonds is 12. The van der Waals surface area contributed by atoms with Crippen LogP contribution in [0.4, 0.5) is 0 Å². The molecule has 10 nitrogen and oxygen atoms in total. The fourth-order valence-electron chi connectivity index (χ4n) is 4.87. The first kappa shape index (κ1) is 33.4. The van der Waals surface area contributed by atoms with Crippen molar-refractivity contribution in [3.8, 4) is 0 Å². The molecule has 0 spiro atoms. The molecule has 1 aromatic carbocycles. The zero-order valence-corrected chi connectivity index (χ0v) is 27.0. The summed E-state index contributed by atoms with van der Waals surface area (Å²) in [6.07, 6.45) is -4.05. The highest BCUT2D eigenvalue weighted by atomic mass is 31.2. The summed E-state index contributed by atoms with van der Waals surface area (Å²) in [6, 6.07) is 9.04. The molecule has 2 aliphatic heterocycles. The summed E-state index contributed by atoms with van der Waals surface area (Å²) in [5, 5.41) is 14.0. The van der Waals surface area contributed by atoms with Crippen molar-refractivity contribution < 1.29 is 42.2 Å². The first-order valence-corrected chi connectivity index (χ1v) is 18.8. The lowest BCUT2D eigenvalue weighted by molar-refractivity contribution is -0.314. The molecule has 2 fully saturated rings. The molecule has 40 heavy (non-hydrogen) atoms. The number of amides is 1. The fourth-order valence-corrected chi connectivity index (χ4v) is 7.92. The lowest BCUT2D eigenvalue weighted by Gasteiger charge is -2.53. The second kappa shape index (κ2) is 13.9. The normalized spacial score (nSPS) is 28.5. The van der Waals surface area contributed by atoms with E-state index in [0.717, 1.165) is 5.56 Å². The van der Waals surface area contributed by atoms with Crippen LogP contribution in [0.25, 0.3) is 0 Å². The summed E-state index contributed by atoms with van der Waals surface area (Å²) in [7, 11) is -5.87. The maximum atomic E-state index is 13.1. The predicted octanol–water partition coefficient (Wildman–Crippen LogP) is 4.78. The van der Waals surface area contributed by atoms with E-state index in [0.29, 0.717) is 0 Å². The van der Waals surface area contributed by atoms with Crippen LogP contribution in [0, 0.1) is 0 Å². The summed E-state index contributed by atoms with van der Waals surface area (Å²) in [6.45, 7) is 16.3. The quantitative estimate of drug-likeness (QED) is 0.257. The highest BCUT2D eigenvalue weighted by Crippen LogP contribution is 2.49. The smallest absolute Gasteiger partial charge is 0.333 e. The number of fused-ring (bicyclic) bond motifs is 1. The lowest BCUT2D eigenvalue weighted by atomic mass is 9.89. The van der Waals surface area contributed by atoms with E-state index in [1.54, 1.807) is 13.8 Å². The van der Waals surface area contributed by atoms with Crippen LogP contribution in [0.2, 0.25) is 18.1 Å². The molecule has 2 heterocycles. The molecule has 0 saturated carbocycles. The van der Waals surface area contributed by atoms with Gasteiger partial charge in [-0.25, -0.2) is 0 Å². The minimum atomic E-state index is -3.50. The number of hydrogen-bond acceptors (Lipinski definition) is 9. The Morgan fingerprint density at radius 1 is 1.15 bits per heavy atom. The molecule has 0 bridgehead atoms. The van der Waals surface area contributed by atoms with E-state index in [9.17, 15) is 14.5 Å². The van der Waals surface area contributed by atoms with E-state index in [1.165, 1.54) is 6.92 Å². The number of aliphatic hydroxyl groups is 1. The van der Waals surface area contributed by atoms with E-state index in [1.807, 2.05) is 30.3 Å². The van der Waals surface area contributed by atoms with Gasteiger partial charge in [0.25, 0.3) is 0 Å². The predicted molar refractivity (Wildman–Crippen MR) is 155 cm³/mol. The van der Waals surface area contributed by atoms with Crippen molar-refractivity contribution in [2.24, 2.45) is 0 Å². The van der Waals surface area contributed by atoms with Gasteiger partial charge in [0.2, 0.25) is 5.91 Å². The molecule has 2 aliphatic rings. The number of benzene rings is 1. The van der Waals surface area contributed by atoms with Gasteiger partial charge in [-0.2, -0.15) is 0 Å². The molecular formula is C28H48NO9PSi. The minimum Gasteiger partial charge on any atom is -0.409 e. The summed E-state index contributed by atoms with van der Waals surface area (Å²) >= 11 is 0. The van der Waals surface area contributed by atoms with Crippen molar-refractivity contribution in [2.75, 3.05) is 26.0 Å². The van der Waals surface area contributed by atoms with Gasteiger partial charge in [0.15, 0.2) is 14.6 Å². The van der Waals surface area contributed by atoms with Gasteiger partial charge in [-0.3, -0.25) is 9.36 Å². The monoisotopic (exact) mass is 601 g/mol. The lowest BCUT2D eigenvalue weighted by Crippen LogP contribution is -2.69. The Hall–Kier alpha value is -1.14. The molecule has 0 aromatic heterocycles. The van der Waals surface area contributed by atoms with Gasteiger partial charge in [0, 0.05) is 18.9 Å². The SMILES string of the molecule is CCOP(=O)(CC(O)C[C@H]1O[C@@H]2CO[C@@H](c3ccccc3)O[C@H]2[C@H](O[Si](C)(C)C(C)(C)C)[C@H]1NC(C)=O)OCC. The standard InChI is InChI=1S/C28H48NO9PSi/c1-9-34-39(32,35-10-2)18-21(31)16-22-24(29-19(3)30)26(38-40(7,8)28(4,5)6)25-23(36-22)17-33-27(37-25)20-14-12-11-13-15-20/h11-15,21-27,31H,9-10,16-18H2,1-8H3,(H,29,30)/t21?,22-,23-,24+,25-,26-,27-/m1/s1. The van der Waals surface area contributed by atoms with Gasteiger partial charge >= 0.3 is 7.60 Å². The number of aliphatic hydroxyl groups excluding tert-OH is 1. The zero-order valence-electron chi connectivity index (χ0n) is 25.1. The van der Waals surface area contributed by atoms with Crippen molar-refractivity contribution in [1.82, 2.24) is 5.32 Å². The van der Waals surface area contributed by atoms with Crippen LogP contribution < -0.4 is 5.32 Å². The third kappa shape index (κ3) is 8.46. The van der Waals surface area contributed by atoms with Crippen LogP contribution in [0.3, 0.4) is 0 Å². The molecule has 1 amide bonds. The van der Waals surface area contributed by atoms with E-state index < -0.39 is 58.8 Å². The molecule has 1 unspecified atom stereocenters. The Morgan fingerprint density at radius 3 is 2.33 bits per heavy atom. The maximum absolute atomic E-state index is 13.1. The maximum Gasteiger partial charge on any atom is 0.333 e. The summed E-state index contributed by atoms with van der Waals surface area (Å²) in [5.74, 6) is -0.253. The first-order chi connectivity index (χ1) is 18.7. The highest BCUT2D eigenvalue weighted by Gasteiger charge is 2.54. The molecule has 2 N–H and O–H groups in total. The molecule has 0 aliphatic carbocycles. The number of nitrogens with one attached hydrogen (secondary N) is 1. The van der Waals surface area contributed by atoms with Crippen molar-refractivity contribution >= 4 is 21.8 Å². The minimum absolute atomic E-state index is 0.0811. The molecular weight excluding hydrogens is 553 g/mol. The van der Waals surface area contributed by atoms with Crippen LogP contribution in [-0.4, -0.2) is 81.9 Å². The largest absolute Gasteiger partial charge is 0.409 e. The average Bonchev–Trinajstić information content (AvgIpc) is 2.85. The van der Waals surface area contributed by atoms with Gasteiger partial charge in [0.1, 0.15) is 12.2 Å². The van der Waals surface area contributed by atoms with Crippen molar-refractivity contribution in [3.63, 3.8) is 0 Å². The summed E-state index contributed by atoms with van der Waals surface area (Å²) in [5.41, 5.74) is 0.878. The number of ether oxygens (including phenoxy) is 3. The molecule has 0 radical (unpaired) electrons. The molecule has 3 rings (SSSR count). The number of carbonyl (C=O) groups is 1. The van der Waals surface area contributed by atoms with E-state index in [4.69, 9.17) is 27.7 Å². The summed E-state index contributed by atoms with van der Waals surface area (Å²) < 4.78 is 49.9. The van der Waals surface area contributed by atoms with Crippen molar-refractivity contribution in [1.29, 1.82) is 0 Å². The third-order valence-corrected chi connectivity index (χ3v) is 14.4. The Kier molecular flexibility index (Phi) is 11.6. The van der Waals surface area contributed by atoms with Crippen molar-refractivity contribution in [2.45, 2.75) is 109 Å². The molecule has 7 atom stereocenters. The van der Waals surface area contributed by atoms with Crippen LogP contribution in [0.1, 0.15) is 59.8 Å². The van der Waals surface area contributed by atoms with Gasteiger partial charge in [-0.1, -0.05) is 51.1 Å². The Balaban J connectivity index is 1.93. The van der Waals surface area contributed by atoms with Crippen LogP contribution >= 0.6 is 7.60 Å². The molecule has 228 valence electrons. The first-order valence-electron chi connectivity index (χ1n) is 14.2. The highest BCUT2D eigenvalue weighted by molar-refractivity contribution is 7.53. The Bertz CT molecular complexity index is 995. The van der Waals surface area contributed by atoms with Crippen LogP contribution in [0.15, 0.2) is 30.3 Å². The van der Waals surface area contributed by atoms with Gasteiger partial charge < -0.3 is 38.1 Å².